The van der Waals surface area contributed by atoms with Crippen LogP contribution in [0.4, 0.5) is 0 Å². The van der Waals surface area contributed by atoms with Crippen molar-refractivity contribution in [3.8, 4) is 11.5 Å². The second kappa shape index (κ2) is 9.78. The van der Waals surface area contributed by atoms with Gasteiger partial charge in [0.15, 0.2) is 0 Å². The molecule has 0 aliphatic carbocycles. The van der Waals surface area contributed by atoms with Crippen molar-refractivity contribution < 1.29 is 14.2 Å². The molecule has 3 aromatic rings. The lowest BCUT2D eigenvalue weighted by Crippen LogP contribution is -2.14. The Morgan fingerprint density at radius 3 is 2.19 bits per heavy atom. The van der Waals surface area contributed by atoms with E-state index in [4.69, 9.17) is 14.2 Å². The third-order valence-corrected chi connectivity index (χ3v) is 4.60. The number of benzene rings is 2. The Labute approximate surface area is 160 Å². The molecule has 0 aliphatic heterocycles. The van der Waals surface area contributed by atoms with Gasteiger partial charge in [0.05, 0.1) is 33.8 Å². The van der Waals surface area contributed by atoms with Crippen LogP contribution in [0.5, 0.6) is 11.5 Å². The van der Waals surface area contributed by atoms with Crippen molar-refractivity contribution in [3.05, 3.63) is 78.4 Å². The lowest BCUT2D eigenvalue weighted by molar-refractivity contribution is 0.112. The van der Waals surface area contributed by atoms with Crippen LogP contribution >= 0.6 is 0 Å². The van der Waals surface area contributed by atoms with E-state index in [1.54, 1.807) is 20.4 Å². The van der Waals surface area contributed by atoms with Gasteiger partial charge in [-0.25, -0.2) is 4.98 Å². The van der Waals surface area contributed by atoms with E-state index in [1.807, 2.05) is 41.4 Å². The molecule has 2 aromatic carbocycles. The highest BCUT2D eigenvalue weighted by Crippen LogP contribution is 2.25. The number of ether oxygens (including phenoxy) is 3. The number of imidazole rings is 1. The number of methoxy groups -OCH3 is 2. The molecule has 0 amide bonds. The first-order valence-corrected chi connectivity index (χ1v) is 9.09. The third kappa shape index (κ3) is 5.59. The van der Waals surface area contributed by atoms with Crippen molar-refractivity contribution >= 4 is 0 Å². The van der Waals surface area contributed by atoms with Gasteiger partial charge in [0.25, 0.3) is 0 Å². The average Bonchev–Trinajstić information content (AvgIpc) is 3.24. The van der Waals surface area contributed by atoms with Crippen LogP contribution in [0.2, 0.25) is 0 Å². The van der Waals surface area contributed by atoms with E-state index < -0.39 is 0 Å². The van der Waals surface area contributed by atoms with Gasteiger partial charge < -0.3 is 18.8 Å². The molecule has 0 bridgehead atoms. The van der Waals surface area contributed by atoms with Crippen molar-refractivity contribution in [3.63, 3.8) is 0 Å². The van der Waals surface area contributed by atoms with E-state index in [1.165, 1.54) is 11.1 Å². The Balaban J connectivity index is 1.64. The van der Waals surface area contributed by atoms with Crippen LogP contribution in [0.1, 0.15) is 17.0 Å². The topological polar surface area (TPSA) is 45.5 Å². The Bertz CT molecular complexity index is 783. The number of nitrogens with zero attached hydrogens (tertiary/aromatic N) is 2. The van der Waals surface area contributed by atoms with E-state index in [2.05, 4.69) is 29.2 Å². The summed E-state index contributed by atoms with van der Waals surface area (Å²) in [5, 5.41) is 0. The maximum absolute atomic E-state index is 5.99. The molecule has 0 fully saturated rings. The van der Waals surface area contributed by atoms with Gasteiger partial charge in [0.2, 0.25) is 0 Å². The van der Waals surface area contributed by atoms with Gasteiger partial charge in [-0.2, -0.15) is 0 Å². The Hall–Kier alpha value is -2.79. The minimum absolute atomic E-state index is 0.270. The lowest BCUT2D eigenvalue weighted by atomic mass is 9.92. The van der Waals surface area contributed by atoms with Gasteiger partial charge in [0.1, 0.15) is 11.5 Å². The summed E-state index contributed by atoms with van der Waals surface area (Å²) in [5.41, 5.74) is 2.50. The average molecular weight is 366 g/mol. The Kier molecular flexibility index (Phi) is 6.88. The highest BCUT2D eigenvalue weighted by atomic mass is 16.5. The van der Waals surface area contributed by atoms with E-state index in [0.717, 1.165) is 24.5 Å². The number of rotatable bonds is 10. The standard InChI is InChI=1S/C22H26N2O3/c1-25-21-7-3-18(4-8-21)15-20(19-5-9-22(26-2)10-6-19)16-27-14-13-24-12-11-23-17-24/h3-12,17,20H,13-16H2,1-2H3. The smallest absolute Gasteiger partial charge is 0.118 e. The van der Waals surface area contributed by atoms with Crippen LogP contribution in [-0.4, -0.2) is 37.0 Å². The molecule has 1 atom stereocenters. The normalized spacial score (nSPS) is 11.9. The van der Waals surface area contributed by atoms with Crippen LogP contribution in [0.15, 0.2) is 67.3 Å². The second-order valence-electron chi connectivity index (χ2n) is 6.40. The molecule has 5 heteroatoms. The molecule has 0 radical (unpaired) electrons. The molecule has 0 N–H and O–H groups in total. The highest BCUT2D eigenvalue weighted by molar-refractivity contribution is 5.32. The van der Waals surface area contributed by atoms with Crippen molar-refractivity contribution in [1.82, 2.24) is 9.55 Å². The summed E-state index contributed by atoms with van der Waals surface area (Å²) >= 11 is 0. The molecule has 0 spiro atoms. The minimum atomic E-state index is 0.270. The quantitative estimate of drug-likeness (QED) is 0.510. The maximum atomic E-state index is 5.99. The summed E-state index contributed by atoms with van der Waals surface area (Å²) in [7, 11) is 3.37. The van der Waals surface area contributed by atoms with E-state index in [-0.39, 0.29) is 5.92 Å². The van der Waals surface area contributed by atoms with Crippen LogP contribution in [0, 0.1) is 0 Å². The van der Waals surface area contributed by atoms with Gasteiger partial charge in [0, 0.05) is 24.9 Å². The molecule has 0 saturated carbocycles. The molecule has 1 heterocycles. The zero-order valence-electron chi connectivity index (χ0n) is 15.9. The van der Waals surface area contributed by atoms with E-state index >= 15 is 0 Å². The maximum Gasteiger partial charge on any atom is 0.118 e. The predicted molar refractivity (Wildman–Crippen MR) is 105 cm³/mol. The largest absolute Gasteiger partial charge is 0.497 e. The molecule has 27 heavy (non-hydrogen) atoms. The molecule has 5 nitrogen and oxygen atoms in total. The number of hydrogen-bond acceptors (Lipinski definition) is 4. The molecule has 1 aromatic heterocycles. The predicted octanol–water partition coefficient (Wildman–Crippen LogP) is 3.94. The zero-order chi connectivity index (χ0) is 18.9. The van der Waals surface area contributed by atoms with Gasteiger partial charge in [-0.15, -0.1) is 0 Å². The summed E-state index contributed by atoms with van der Waals surface area (Å²) in [6.45, 7) is 2.12. The first-order chi connectivity index (χ1) is 13.3. The Morgan fingerprint density at radius 1 is 0.926 bits per heavy atom. The van der Waals surface area contributed by atoms with Crippen LogP contribution < -0.4 is 9.47 Å². The van der Waals surface area contributed by atoms with Crippen molar-refractivity contribution in [1.29, 1.82) is 0 Å². The van der Waals surface area contributed by atoms with Crippen molar-refractivity contribution in [2.75, 3.05) is 27.4 Å². The SMILES string of the molecule is COc1ccc(CC(COCCn2ccnc2)c2ccc(OC)cc2)cc1. The molecule has 142 valence electrons. The monoisotopic (exact) mass is 366 g/mol. The molecule has 1 unspecified atom stereocenters. The van der Waals surface area contributed by atoms with Gasteiger partial charge in [-0.1, -0.05) is 24.3 Å². The van der Waals surface area contributed by atoms with Crippen molar-refractivity contribution in [2.45, 2.75) is 18.9 Å². The minimum Gasteiger partial charge on any atom is -0.497 e. The number of aromatic nitrogens is 2. The van der Waals surface area contributed by atoms with Gasteiger partial charge in [-0.05, 0) is 41.8 Å². The molecule has 0 aliphatic rings. The van der Waals surface area contributed by atoms with E-state index in [0.29, 0.717) is 13.2 Å². The fourth-order valence-electron chi connectivity index (χ4n) is 3.01. The molecule has 0 saturated heterocycles. The van der Waals surface area contributed by atoms with E-state index in [9.17, 15) is 0 Å². The number of hydrogen-bond donors (Lipinski definition) is 0. The lowest BCUT2D eigenvalue weighted by Gasteiger charge is -2.19. The molecule has 3 rings (SSSR count). The van der Waals surface area contributed by atoms with Crippen molar-refractivity contribution in [2.24, 2.45) is 0 Å². The van der Waals surface area contributed by atoms with Gasteiger partial charge >= 0.3 is 0 Å². The molecular weight excluding hydrogens is 340 g/mol. The zero-order valence-corrected chi connectivity index (χ0v) is 15.9. The summed E-state index contributed by atoms with van der Waals surface area (Å²) in [5.74, 6) is 2.01. The third-order valence-electron chi connectivity index (χ3n) is 4.60. The van der Waals surface area contributed by atoms with Crippen LogP contribution in [0.25, 0.3) is 0 Å². The second-order valence-corrected chi connectivity index (χ2v) is 6.40. The fraction of sp³-hybridized carbons (Fsp3) is 0.318. The first kappa shape index (κ1) is 19.0. The first-order valence-electron chi connectivity index (χ1n) is 9.09. The summed E-state index contributed by atoms with van der Waals surface area (Å²) < 4.78 is 18.5. The molecular formula is C22H26N2O3. The van der Waals surface area contributed by atoms with Crippen LogP contribution in [0.3, 0.4) is 0 Å². The van der Waals surface area contributed by atoms with Crippen LogP contribution in [-0.2, 0) is 17.7 Å². The Morgan fingerprint density at radius 2 is 1.59 bits per heavy atom. The summed E-state index contributed by atoms with van der Waals surface area (Å²) in [6, 6.07) is 16.5. The fourth-order valence-corrected chi connectivity index (χ4v) is 3.01. The summed E-state index contributed by atoms with van der Waals surface area (Å²) in [6.07, 6.45) is 6.44. The highest BCUT2D eigenvalue weighted by Gasteiger charge is 2.13. The van der Waals surface area contributed by atoms with Gasteiger partial charge in [-0.3, -0.25) is 0 Å². The summed E-state index contributed by atoms with van der Waals surface area (Å²) in [4.78, 5) is 4.06.